The predicted octanol–water partition coefficient (Wildman–Crippen LogP) is 4.73. The van der Waals surface area contributed by atoms with E-state index in [0.29, 0.717) is 29.4 Å². The maximum atomic E-state index is 13.7. The third-order valence-corrected chi connectivity index (χ3v) is 6.50. The van der Waals surface area contributed by atoms with E-state index in [2.05, 4.69) is 4.90 Å². The van der Waals surface area contributed by atoms with E-state index in [1.165, 1.54) is 0 Å². The summed E-state index contributed by atoms with van der Waals surface area (Å²) in [5, 5.41) is 10.5. The molecule has 7 heteroatoms. The van der Waals surface area contributed by atoms with Crippen LogP contribution in [0.25, 0.3) is 0 Å². The van der Waals surface area contributed by atoms with E-state index in [1.807, 2.05) is 65.6 Å². The van der Waals surface area contributed by atoms with Crippen molar-refractivity contribution >= 4 is 11.6 Å². The summed E-state index contributed by atoms with van der Waals surface area (Å²) in [4.78, 5) is 17.9. The quantitative estimate of drug-likeness (QED) is 0.507. The van der Waals surface area contributed by atoms with Crippen LogP contribution in [0.4, 0.5) is 5.69 Å². The van der Waals surface area contributed by atoms with Gasteiger partial charge in [0.15, 0.2) is 23.0 Å². The van der Waals surface area contributed by atoms with Crippen LogP contribution in [0.15, 0.2) is 66.7 Å². The van der Waals surface area contributed by atoms with E-state index in [1.54, 1.807) is 27.4 Å². The first-order valence-electron chi connectivity index (χ1n) is 11.7. The summed E-state index contributed by atoms with van der Waals surface area (Å²) in [6, 6.07) is 20.5. The zero-order valence-electron chi connectivity index (χ0n) is 20.4. The minimum atomic E-state index is -0.0401. The monoisotopic (exact) mass is 476 g/mol. The largest absolute Gasteiger partial charge is 0.504 e. The number of methoxy groups -OCH3 is 3. The van der Waals surface area contributed by atoms with Crippen LogP contribution in [0.1, 0.15) is 28.8 Å². The number of carbonyl (C=O) groups is 1. The Morgan fingerprint density at radius 3 is 2.23 bits per heavy atom. The van der Waals surface area contributed by atoms with Gasteiger partial charge >= 0.3 is 0 Å². The number of benzene rings is 3. The molecule has 1 N–H and O–H groups in total. The van der Waals surface area contributed by atoms with Crippen molar-refractivity contribution in [1.29, 1.82) is 0 Å². The molecule has 184 valence electrons. The number of hydrogen-bond acceptors (Lipinski definition) is 6. The lowest BCUT2D eigenvalue weighted by molar-refractivity contribution is 0.0958. The number of aromatic hydroxyl groups is 1. The minimum absolute atomic E-state index is 0.0240. The van der Waals surface area contributed by atoms with E-state index in [9.17, 15) is 9.90 Å². The molecule has 1 aliphatic heterocycles. The fourth-order valence-corrected chi connectivity index (χ4v) is 4.63. The molecule has 0 radical (unpaired) electrons. The summed E-state index contributed by atoms with van der Waals surface area (Å²) in [5.41, 5.74) is 2.26. The van der Waals surface area contributed by atoms with Gasteiger partial charge in [-0.2, -0.15) is 0 Å². The number of rotatable bonds is 8. The highest BCUT2D eigenvalue weighted by atomic mass is 16.5. The van der Waals surface area contributed by atoms with Gasteiger partial charge in [0.05, 0.1) is 21.3 Å². The molecule has 0 bridgehead atoms. The first-order valence-corrected chi connectivity index (χ1v) is 11.7. The Labute approximate surface area is 206 Å². The van der Waals surface area contributed by atoms with Crippen LogP contribution in [-0.4, -0.2) is 56.4 Å². The Balaban J connectivity index is 1.56. The van der Waals surface area contributed by atoms with Crippen LogP contribution < -0.4 is 19.1 Å². The molecular formula is C28H32N2O5. The molecule has 7 nitrogen and oxygen atoms in total. The average Bonchev–Trinajstić information content (AvgIpc) is 2.91. The molecule has 3 aromatic rings. The van der Waals surface area contributed by atoms with E-state index >= 15 is 0 Å². The zero-order valence-corrected chi connectivity index (χ0v) is 20.4. The topological polar surface area (TPSA) is 71.5 Å². The molecule has 0 spiro atoms. The summed E-state index contributed by atoms with van der Waals surface area (Å²) in [7, 11) is 4.74. The summed E-state index contributed by atoms with van der Waals surface area (Å²) in [5.74, 6) is 1.83. The Morgan fingerprint density at radius 2 is 1.57 bits per heavy atom. The highest BCUT2D eigenvalue weighted by Gasteiger charge is 2.31. The van der Waals surface area contributed by atoms with Gasteiger partial charge in [-0.25, -0.2) is 0 Å². The second kappa shape index (κ2) is 11.1. The molecule has 0 aliphatic carbocycles. The second-order valence-corrected chi connectivity index (χ2v) is 8.56. The molecule has 1 heterocycles. The lowest BCUT2D eigenvalue weighted by Crippen LogP contribution is -2.47. The first-order chi connectivity index (χ1) is 17.0. The number of phenols is 1. The molecule has 1 saturated heterocycles. The number of phenolic OH excluding ortho intramolecular Hbond substituents is 1. The van der Waals surface area contributed by atoms with Crippen molar-refractivity contribution < 1.29 is 24.1 Å². The number of para-hydroxylation sites is 1. The number of likely N-dealkylation sites (tertiary alicyclic amines) is 1. The lowest BCUT2D eigenvalue weighted by Gasteiger charge is -2.39. The number of ether oxygens (including phenoxy) is 3. The smallest absolute Gasteiger partial charge is 0.258 e. The van der Waals surface area contributed by atoms with Gasteiger partial charge in [0.25, 0.3) is 5.91 Å². The Bertz CT molecular complexity index is 1140. The van der Waals surface area contributed by atoms with Crippen molar-refractivity contribution in [2.75, 3.05) is 39.3 Å². The van der Waals surface area contributed by atoms with Crippen LogP contribution in [0.3, 0.4) is 0 Å². The highest BCUT2D eigenvalue weighted by Crippen LogP contribution is 2.35. The van der Waals surface area contributed by atoms with E-state index < -0.39 is 0 Å². The molecule has 1 aliphatic rings. The molecular weight excluding hydrogens is 444 g/mol. The predicted molar refractivity (Wildman–Crippen MR) is 136 cm³/mol. The van der Waals surface area contributed by atoms with Crippen molar-refractivity contribution in [1.82, 2.24) is 4.90 Å². The van der Waals surface area contributed by atoms with Crippen molar-refractivity contribution in [3.8, 4) is 23.0 Å². The summed E-state index contributed by atoms with van der Waals surface area (Å²) >= 11 is 0. The molecule has 0 saturated carbocycles. The fourth-order valence-electron chi connectivity index (χ4n) is 4.63. The third-order valence-electron chi connectivity index (χ3n) is 6.50. The molecule has 35 heavy (non-hydrogen) atoms. The van der Waals surface area contributed by atoms with Gasteiger partial charge in [0.2, 0.25) is 0 Å². The summed E-state index contributed by atoms with van der Waals surface area (Å²) in [6.45, 7) is 2.22. The van der Waals surface area contributed by atoms with Crippen LogP contribution >= 0.6 is 0 Å². The maximum absolute atomic E-state index is 13.7. The van der Waals surface area contributed by atoms with Crippen LogP contribution in [-0.2, 0) is 6.54 Å². The second-order valence-electron chi connectivity index (χ2n) is 8.56. The van der Waals surface area contributed by atoms with Gasteiger partial charge < -0.3 is 24.2 Å². The number of piperidine rings is 1. The SMILES string of the molecule is COc1ccc(N(C(=O)c2ccccc2)C2CCN(Cc3cccc(OC)c3O)CC2)cc1OC. The Morgan fingerprint density at radius 1 is 0.886 bits per heavy atom. The summed E-state index contributed by atoms with van der Waals surface area (Å²) in [6.07, 6.45) is 1.61. The lowest BCUT2D eigenvalue weighted by atomic mass is 10.00. The van der Waals surface area contributed by atoms with Gasteiger partial charge in [-0.1, -0.05) is 30.3 Å². The third kappa shape index (κ3) is 5.35. The van der Waals surface area contributed by atoms with Crippen molar-refractivity contribution in [2.24, 2.45) is 0 Å². The summed E-state index contributed by atoms with van der Waals surface area (Å²) < 4.78 is 16.1. The zero-order chi connectivity index (χ0) is 24.8. The Hall–Kier alpha value is -3.71. The van der Waals surface area contributed by atoms with Crippen molar-refractivity contribution in [2.45, 2.75) is 25.4 Å². The number of anilines is 1. The van der Waals surface area contributed by atoms with Crippen molar-refractivity contribution in [3.63, 3.8) is 0 Å². The van der Waals surface area contributed by atoms with Gasteiger partial charge in [-0.15, -0.1) is 0 Å². The maximum Gasteiger partial charge on any atom is 0.258 e. The standard InChI is InChI=1S/C28H32N2O5/c1-33-24-13-12-23(18-26(24)35-3)30(28(32)20-8-5-4-6-9-20)22-14-16-29(17-15-22)19-21-10-7-11-25(34-2)27(21)31/h4-13,18,22,31H,14-17,19H2,1-3H3. The Kier molecular flexibility index (Phi) is 7.77. The normalized spacial score (nSPS) is 14.4. The highest BCUT2D eigenvalue weighted by molar-refractivity contribution is 6.06. The first kappa shape index (κ1) is 24.4. The fraction of sp³-hybridized carbons (Fsp3) is 0.321. The molecule has 0 unspecified atom stereocenters. The number of nitrogens with zero attached hydrogens (tertiary/aromatic N) is 2. The molecule has 4 rings (SSSR count). The van der Waals surface area contributed by atoms with E-state index in [0.717, 1.165) is 37.2 Å². The van der Waals surface area contributed by atoms with Gasteiger partial charge in [0, 0.05) is 48.6 Å². The van der Waals surface area contributed by atoms with Gasteiger partial charge in [-0.3, -0.25) is 9.69 Å². The average molecular weight is 477 g/mol. The minimum Gasteiger partial charge on any atom is -0.504 e. The molecule has 1 amide bonds. The van der Waals surface area contributed by atoms with Gasteiger partial charge in [0.1, 0.15) is 0 Å². The molecule has 3 aromatic carbocycles. The van der Waals surface area contributed by atoms with Crippen molar-refractivity contribution in [3.05, 3.63) is 77.9 Å². The molecule has 0 aromatic heterocycles. The van der Waals surface area contributed by atoms with Crippen LogP contribution in [0.2, 0.25) is 0 Å². The molecule has 0 atom stereocenters. The van der Waals surface area contributed by atoms with E-state index in [-0.39, 0.29) is 17.7 Å². The van der Waals surface area contributed by atoms with E-state index in [4.69, 9.17) is 14.2 Å². The number of amides is 1. The number of hydrogen-bond donors (Lipinski definition) is 1. The van der Waals surface area contributed by atoms with Crippen LogP contribution in [0.5, 0.6) is 23.0 Å². The van der Waals surface area contributed by atoms with Gasteiger partial charge in [-0.05, 0) is 43.2 Å². The molecule has 1 fully saturated rings. The number of carbonyl (C=O) groups excluding carboxylic acids is 1. The van der Waals surface area contributed by atoms with Crippen LogP contribution in [0, 0.1) is 0 Å².